The zero-order valence-corrected chi connectivity index (χ0v) is 9.70. The van der Waals surface area contributed by atoms with Gasteiger partial charge in [0.25, 0.3) is 0 Å². The first-order valence-electron chi connectivity index (χ1n) is 5.28. The Balaban J connectivity index is 1.99. The van der Waals surface area contributed by atoms with Gasteiger partial charge in [0, 0.05) is 5.69 Å². The van der Waals surface area contributed by atoms with Crippen molar-refractivity contribution in [2.45, 2.75) is 12.8 Å². The molecule has 0 saturated heterocycles. The Morgan fingerprint density at radius 1 is 1.38 bits per heavy atom. The maximum absolute atomic E-state index is 6.01. The lowest BCUT2D eigenvalue weighted by Crippen LogP contribution is -2.03. The van der Waals surface area contributed by atoms with Crippen LogP contribution in [-0.2, 0) is 0 Å². The number of ether oxygens (including phenoxy) is 1. The van der Waals surface area contributed by atoms with Gasteiger partial charge in [0.1, 0.15) is 12.4 Å². The van der Waals surface area contributed by atoms with E-state index in [9.17, 15) is 0 Å². The van der Waals surface area contributed by atoms with Gasteiger partial charge in [0.2, 0.25) is 0 Å². The number of hydrogen-bond acceptors (Lipinski definition) is 2. The van der Waals surface area contributed by atoms with Gasteiger partial charge in [-0.15, -0.1) is 0 Å². The third kappa shape index (κ3) is 2.80. The predicted octanol–water partition coefficient (Wildman–Crippen LogP) is 3.58. The molecule has 0 heterocycles. The monoisotopic (exact) mass is 235 g/mol. The Morgan fingerprint density at radius 3 is 2.94 bits per heavy atom. The van der Waals surface area contributed by atoms with Gasteiger partial charge in [-0.3, -0.25) is 0 Å². The summed E-state index contributed by atoms with van der Waals surface area (Å²) in [6, 6.07) is 5.29. The van der Waals surface area contributed by atoms with E-state index in [4.69, 9.17) is 22.1 Å². The van der Waals surface area contributed by atoms with Crippen LogP contribution in [0.3, 0.4) is 0 Å². The minimum absolute atomic E-state index is 0.562. The van der Waals surface area contributed by atoms with E-state index in [1.165, 1.54) is 5.57 Å². The second kappa shape index (κ2) is 5.08. The molecule has 0 saturated carbocycles. The lowest BCUT2D eigenvalue weighted by molar-refractivity contribution is 0.347. The van der Waals surface area contributed by atoms with Crippen molar-refractivity contribution in [1.82, 2.24) is 0 Å². The summed E-state index contributed by atoms with van der Waals surface area (Å²) in [5.74, 6) is 0.686. The molecule has 0 radical (unpaired) electrons. The van der Waals surface area contributed by atoms with Crippen molar-refractivity contribution in [2.24, 2.45) is 0 Å². The molecule has 1 aliphatic rings. The maximum Gasteiger partial charge on any atom is 0.138 e. The summed E-state index contributed by atoms with van der Waals surface area (Å²) in [5.41, 5.74) is 7.54. The van der Waals surface area contributed by atoms with Gasteiger partial charge in [-0.2, -0.15) is 0 Å². The quantitative estimate of drug-likeness (QED) is 0.813. The van der Waals surface area contributed by atoms with Crippen LogP contribution in [0.1, 0.15) is 12.8 Å². The molecule has 84 valence electrons. The van der Waals surface area contributed by atoms with Gasteiger partial charge in [0.05, 0.1) is 5.02 Å². The summed E-state index contributed by atoms with van der Waals surface area (Å²) in [6.45, 7) is 0.591. The molecule has 1 aliphatic carbocycles. The normalized spacial score (nSPS) is 14.7. The van der Waals surface area contributed by atoms with Crippen LogP contribution in [0.4, 0.5) is 5.69 Å². The number of anilines is 1. The number of allylic oxidation sites excluding steroid dienone is 3. The van der Waals surface area contributed by atoms with Crippen LogP contribution < -0.4 is 10.5 Å². The summed E-state index contributed by atoms with van der Waals surface area (Å²) >= 11 is 6.01. The fourth-order valence-electron chi connectivity index (χ4n) is 1.58. The molecular formula is C13H14ClNO. The smallest absolute Gasteiger partial charge is 0.138 e. The first-order valence-corrected chi connectivity index (χ1v) is 5.66. The molecule has 3 heteroatoms. The van der Waals surface area contributed by atoms with Crippen molar-refractivity contribution >= 4 is 17.3 Å². The fraction of sp³-hybridized carbons (Fsp3) is 0.231. The molecule has 0 bridgehead atoms. The zero-order chi connectivity index (χ0) is 11.4. The van der Waals surface area contributed by atoms with Crippen LogP contribution >= 0.6 is 11.6 Å². The van der Waals surface area contributed by atoms with Crippen molar-refractivity contribution in [3.8, 4) is 5.75 Å². The standard InChI is InChI=1S/C13H14ClNO/c14-12-8-11(15)6-7-13(12)16-9-10-4-2-1-3-5-10/h1-2,4,6-8H,3,5,9,15H2. The highest BCUT2D eigenvalue weighted by Gasteiger charge is 2.04. The summed E-state index contributed by atoms with van der Waals surface area (Å²) in [6.07, 6.45) is 8.45. The Hall–Kier alpha value is -1.41. The van der Waals surface area contributed by atoms with E-state index < -0.39 is 0 Å². The van der Waals surface area contributed by atoms with Crippen molar-refractivity contribution in [3.05, 3.63) is 47.0 Å². The third-order valence-electron chi connectivity index (χ3n) is 2.47. The Bertz CT molecular complexity index is 438. The minimum Gasteiger partial charge on any atom is -0.488 e. The highest BCUT2D eigenvalue weighted by Crippen LogP contribution is 2.27. The Morgan fingerprint density at radius 2 is 2.25 bits per heavy atom. The Kier molecular flexibility index (Phi) is 3.52. The topological polar surface area (TPSA) is 35.2 Å². The molecule has 1 aromatic carbocycles. The first kappa shape index (κ1) is 11.1. The van der Waals surface area contributed by atoms with Crippen molar-refractivity contribution in [2.75, 3.05) is 12.3 Å². The minimum atomic E-state index is 0.562. The van der Waals surface area contributed by atoms with Crippen LogP contribution in [0.25, 0.3) is 0 Å². The summed E-state index contributed by atoms with van der Waals surface area (Å²) in [7, 11) is 0. The molecule has 0 atom stereocenters. The van der Waals surface area contributed by atoms with Gasteiger partial charge in [-0.05, 0) is 36.6 Å². The molecular weight excluding hydrogens is 222 g/mol. The highest BCUT2D eigenvalue weighted by molar-refractivity contribution is 6.32. The van der Waals surface area contributed by atoms with Gasteiger partial charge in [0.15, 0.2) is 0 Å². The molecule has 2 nitrogen and oxygen atoms in total. The molecule has 1 aromatic rings. The fourth-order valence-corrected chi connectivity index (χ4v) is 1.82. The van der Waals surface area contributed by atoms with E-state index in [0.29, 0.717) is 23.1 Å². The van der Waals surface area contributed by atoms with E-state index in [2.05, 4.69) is 18.2 Å². The van der Waals surface area contributed by atoms with E-state index in [1.807, 2.05) is 0 Å². The number of halogens is 1. The van der Waals surface area contributed by atoms with Crippen molar-refractivity contribution in [3.63, 3.8) is 0 Å². The van der Waals surface area contributed by atoms with E-state index >= 15 is 0 Å². The van der Waals surface area contributed by atoms with Crippen LogP contribution in [0, 0.1) is 0 Å². The number of hydrogen-bond donors (Lipinski definition) is 1. The number of nitrogens with two attached hydrogens (primary N) is 1. The molecule has 0 unspecified atom stereocenters. The molecule has 0 fully saturated rings. The SMILES string of the molecule is Nc1ccc(OCC2=CC=CCC2)c(Cl)c1. The number of benzene rings is 1. The van der Waals surface area contributed by atoms with E-state index in [1.54, 1.807) is 18.2 Å². The number of rotatable bonds is 3. The summed E-state index contributed by atoms with van der Waals surface area (Å²) < 4.78 is 5.64. The average molecular weight is 236 g/mol. The largest absolute Gasteiger partial charge is 0.488 e. The zero-order valence-electron chi connectivity index (χ0n) is 8.95. The summed E-state index contributed by atoms with van der Waals surface area (Å²) in [5, 5.41) is 0.562. The molecule has 2 N–H and O–H groups in total. The van der Waals surface area contributed by atoms with Gasteiger partial charge < -0.3 is 10.5 Å². The predicted molar refractivity (Wildman–Crippen MR) is 67.8 cm³/mol. The second-order valence-corrected chi connectivity index (χ2v) is 4.18. The first-order chi connectivity index (χ1) is 7.75. The van der Waals surface area contributed by atoms with Gasteiger partial charge >= 0.3 is 0 Å². The molecule has 0 amide bonds. The van der Waals surface area contributed by atoms with Gasteiger partial charge in [-0.25, -0.2) is 0 Å². The number of nitrogen functional groups attached to an aromatic ring is 1. The molecule has 2 rings (SSSR count). The molecule has 0 aromatic heterocycles. The van der Waals surface area contributed by atoms with Gasteiger partial charge in [-0.1, -0.05) is 29.8 Å². The van der Waals surface area contributed by atoms with E-state index in [-0.39, 0.29) is 0 Å². The summed E-state index contributed by atoms with van der Waals surface area (Å²) in [4.78, 5) is 0. The van der Waals surface area contributed by atoms with Crippen molar-refractivity contribution in [1.29, 1.82) is 0 Å². The average Bonchev–Trinajstić information content (AvgIpc) is 2.29. The molecule has 16 heavy (non-hydrogen) atoms. The van der Waals surface area contributed by atoms with Crippen molar-refractivity contribution < 1.29 is 4.74 Å². The molecule has 0 spiro atoms. The van der Waals surface area contributed by atoms with Crippen LogP contribution in [-0.4, -0.2) is 6.61 Å². The maximum atomic E-state index is 6.01. The lowest BCUT2D eigenvalue weighted by Gasteiger charge is -2.12. The van der Waals surface area contributed by atoms with Crippen LogP contribution in [0.5, 0.6) is 5.75 Å². The highest BCUT2D eigenvalue weighted by atomic mass is 35.5. The van der Waals surface area contributed by atoms with Crippen LogP contribution in [0.2, 0.25) is 5.02 Å². The lowest BCUT2D eigenvalue weighted by atomic mass is 10.1. The second-order valence-electron chi connectivity index (χ2n) is 3.77. The van der Waals surface area contributed by atoms with E-state index in [0.717, 1.165) is 12.8 Å². The Labute approximate surface area is 100 Å². The third-order valence-corrected chi connectivity index (χ3v) is 2.76. The van der Waals surface area contributed by atoms with Crippen LogP contribution in [0.15, 0.2) is 42.0 Å². The molecule has 0 aliphatic heterocycles.